The second-order valence-corrected chi connectivity index (χ2v) is 9.31. The number of carbonyl (C=O) groups is 1. The van der Waals surface area contributed by atoms with E-state index in [1.807, 2.05) is 20.8 Å². The molecule has 0 fully saturated rings. The molecule has 3 rings (SSSR count). The molecule has 1 N–H and O–H groups in total. The maximum absolute atomic E-state index is 12.9. The number of aryl methyl sites for hydroxylation is 1. The summed E-state index contributed by atoms with van der Waals surface area (Å²) in [5.41, 5.74) is 0.169. The first-order valence-electron chi connectivity index (χ1n) is 9.37. The SMILES string of the molecule is CCCCc1sc(C2C3=C(CC(C)(C)CC3=O)OC(=N)C2C#N)cc1[N+](=O)[O-]. The number of hydrogen-bond acceptors (Lipinski definition) is 7. The Morgan fingerprint density at radius 3 is 2.79 bits per heavy atom. The molecule has 0 saturated heterocycles. The van der Waals surface area contributed by atoms with Crippen molar-refractivity contribution in [3.8, 4) is 6.07 Å². The number of thiophene rings is 1. The third-order valence-corrected chi connectivity index (χ3v) is 6.51. The van der Waals surface area contributed by atoms with Crippen LogP contribution in [0.1, 0.15) is 62.1 Å². The molecule has 8 heteroatoms. The number of Topliss-reactive ketones (excluding diaryl/α,β-unsaturated/α-hetero) is 1. The third-order valence-electron chi connectivity index (χ3n) is 5.24. The first kappa shape index (κ1) is 20.2. The Balaban J connectivity index is 2.14. The first-order valence-corrected chi connectivity index (χ1v) is 10.2. The molecule has 0 aromatic carbocycles. The quantitative estimate of drug-likeness (QED) is 0.558. The van der Waals surface area contributed by atoms with Crippen molar-refractivity contribution in [1.29, 1.82) is 10.7 Å². The molecule has 0 spiro atoms. The fraction of sp³-hybridized carbons (Fsp3) is 0.550. The number of nitriles is 1. The zero-order valence-corrected chi connectivity index (χ0v) is 17.0. The van der Waals surface area contributed by atoms with Crippen LogP contribution in [0.2, 0.25) is 0 Å². The number of ether oxygens (including phenoxy) is 1. The van der Waals surface area contributed by atoms with E-state index in [9.17, 15) is 20.2 Å². The van der Waals surface area contributed by atoms with Crippen LogP contribution in [-0.4, -0.2) is 16.6 Å². The largest absolute Gasteiger partial charge is 0.446 e. The molecule has 2 unspecified atom stereocenters. The van der Waals surface area contributed by atoms with E-state index in [1.165, 1.54) is 17.4 Å². The van der Waals surface area contributed by atoms with Gasteiger partial charge >= 0.3 is 0 Å². The van der Waals surface area contributed by atoms with Crippen LogP contribution in [0.4, 0.5) is 5.69 Å². The van der Waals surface area contributed by atoms with E-state index in [2.05, 4.69) is 6.07 Å². The molecule has 0 bridgehead atoms. The second-order valence-electron chi connectivity index (χ2n) is 8.15. The summed E-state index contributed by atoms with van der Waals surface area (Å²) in [4.78, 5) is 25.3. The molecule has 2 atom stereocenters. The van der Waals surface area contributed by atoms with Crippen molar-refractivity contribution in [3.05, 3.63) is 37.3 Å². The molecule has 0 amide bonds. The fourth-order valence-corrected chi connectivity index (χ4v) is 5.25. The average Bonchev–Trinajstić information content (AvgIpc) is 3.01. The molecule has 1 aromatic heterocycles. The van der Waals surface area contributed by atoms with E-state index < -0.39 is 16.8 Å². The van der Waals surface area contributed by atoms with Gasteiger partial charge in [-0.25, -0.2) is 0 Å². The van der Waals surface area contributed by atoms with Gasteiger partial charge in [-0.3, -0.25) is 20.3 Å². The van der Waals surface area contributed by atoms with Gasteiger partial charge in [0.15, 0.2) is 5.78 Å². The molecule has 2 heterocycles. The van der Waals surface area contributed by atoms with Gasteiger partial charge in [-0.1, -0.05) is 27.2 Å². The molecule has 1 aliphatic carbocycles. The van der Waals surface area contributed by atoms with Crippen molar-refractivity contribution in [3.63, 3.8) is 0 Å². The maximum atomic E-state index is 12.9. The van der Waals surface area contributed by atoms with Gasteiger partial charge < -0.3 is 4.74 Å². The van der Waals surface area contributed by atoms with Crippen molar-refractivity contribution in [2.24, 2.45) is 11.3 Å². The van der Waals surface area contributed by atoms with Gasteiger partial charge in [-0.05, 0) is 18.3 Å². The van der Waals surface area contributed by atoms with Crippen molar-refractivity contribution in [1.82, 2.24) is 0 Å². The lowest BCUT2D eigenvalue weighted by atomic mass is 9.70. The van der Waals surface area contributed by atoms with E-state index in [1.54, 1.807) is 0 Å². The number of rotatable bonds is 5. The van der Waals surface area contributed by atoms with Crippen LogP contribution < -0.4 is 0 Å². The fourth-order valence-electron chi connectivity index (χ4n) is 3.93. The van der Waals surface area contributed by atoms with E-state index in [0.717, 1.165) is 12.8 Å². The molecule has 0 radical (unpaired) electrons. The Labute approximate surface area is 167 Å². The van der Waals surface area contributed by atoms with Crippen molar-refractivity contribution < 1.29 is 14.5 Å². The Kier molecular flexibility index (Phi) is 5.39. The monoisotopic (exact) mass is 401 g/mol. The van der Waals surface area contributed by atoms with E-state index in [4.69, 9.17) is 10.1 Å². The summed E-state index contributed by atoms with van der Waals surface area (Å²) in [6.07, 6.45) is 3.15. The first-order chi connectivity index (χ1) is 13.2. The molecule has 0 saturated carbocycles. The Bertz CT molecular complexity index is 922. The number of nitro groups is 1. The number of nitrogens with zero attached hydrogens (tertiary/aromatic N) is 2. The van der Waals surface area contributed by atoms with E-state index >= 15 is 0 Å². The number of ketones is 1. The van der Waals surface area contributed by atoms with Gasteiger partial charge in [0.05, 0.1) is 21.8 Å². The lowest BCUT2D eigenvalue weighted by Gasteiger charge is -2.38. The molecular formula is C20H23N3O4S. The molecule has 148 valence electrons. The highest BCUT2D eigenvalue weighted by Gasteiger charge is 2.47. The van der Waals surface area contributed by atoms with Crippen LogP contribution >= 0.6 is 11.3 Å². The van der Waals surface area contributed by atoms with Gasteiger partial charge in [-0.15, -0.1) is 11.3 Å². The Hall–Kier alpha value is -2.53. The minimum Gasteiger partial charge on any atom is -0.446 e. The van der Waals surface area contributed by atoms with Crippen LogP contribution in [0.15, 0.2) is 17.4 Å². The topological polar surface area (TPSA) is 117 Å². The normalized spacial score (nSPS) is 23.8. The number of unbranched alkanes of at least 4 members (excludes halogenated alkanes) is 1. The van der Waals surface area contributed by atoms with Crippen LogP contribution in [0.25, 0.3) is 0 Å². The lowest BCUT2D eigenvalue weighted by Crippen LogP contribution is -2.38. The highest BCUT2D eigenvalue weighted by atomic mass is 32.1. The summed E-state index contributed by atoms with van der Waals surface area (Å²) in [5, 5.41) is 29.4. The second kappa shape index (κ2) is 7.47. The Morgan fingerprint density at radius 2 is 2.18 bits per heavy atom. The predicted molar refractivity (Wildman–Crippen MR) is 105 cm³/mol. The number of nitrogens with one attached hydrogen (secondary N) is 1. The van der Waals surface area contributed by atoms with Crippen molar-refractivity contribution in [2.75, 3.05) is 0 Å². The van der Waals surface area contributed by atoms with Gasteiger partial charge in [-0.2, -0.15) is 5.26 Å². The Morgan fingerprint density at radius 1 is 1.46 bits per heavy atom. The number of carbonyl (C=O) groups excluding carboxylic acids is 1. The average molecular weight is 401 g/mol. The zero-order chi connectivity index (χ0) is 20.6. The highest BCUT2D eigenvalue weighted by molar-refractivity contribution is 7.12. The molecule has 28 heavy (non-hydrogen) atoms. The zero-order valence-electron chi connectivity index (χ0n) is 16.2. The summed E-state index contributed by atoms with van der Waals surface area (Å²) in [6, 6.07) is 3.57. The number of allylic oxidation sites excluding steroid dienone is 2. The number of hydrogen-bond donors (Lipinski definition) is 1. The van der Waals surface area contributed by atoms with Gasteiger partial charge in [0.1, 0.15) is 11.7 Å². The van der Waals surface area contributed by atoms with Gasteiger partial charge in [0.25, 0.3) is 5.69 Å². The molecular weight excluding hydrogens is 378 g/mol. The summed E-state index contributed by atoms with van der Waals surface area (Å²) in [7, 11) is 0. The van der Waals surface area contributed by atoms with Crippen molar-refractivity contribution in [2.45, 2.75) is 58.8 Å². The molecule has 7 nitrogen and oxygen atoms in total. The minimum atomic E-state index is -0.957. The van der Waals surface area contributed by atoms with E-state index in [-0.39, 0.29) is 22.8 Å². The van der Waals surface area contributed by atoms with Crippen LogP contribution in [0.3, 0.4) is 0 Å². The maximum Gasteiger partial charge on any atom is 0.283 e. The summed E-state index contributed by atoms with van der Waals surface area (Å²) >= 11 is 1.28. The van der Waals surface area contributed by atoms with Gasteiger partial charge in [0, 0.05) is 29.4 Å². The summed E-state index contributed by atoms with van der Waals surface area (Å²) in [5.74, 6) is -1.49. The smallest absolute Gasteiger partial charge is 0.283 e. The molecule has 1 aliphatic heterocycles. The molecule has 1 aromatic rings. The summed E-state index contributed by atoms with van der Waals surface area (Å²) < 4.78 is 5.59. The van der Waals surface area contributed by atoms with Crippen molar-refractivity contribution >= 4 is 28.7 Å². The van der Waals surface area contributed by atoms with Crippen LogP contribution in [0.5, 0.6) is 0 Å². The third kappa shape index (κ3) is 3.59. The molecule has 2 aliphatic rings. The van der Waals surface area contributed by atoms with E-state index in [0.29, 0.717) is 40.3 Å². The van der Waals surface area contributed by atoms with Crippen LogP contribution in [0, 0.1) is 38.2 Å². The minimum absolute atomic E-state index is 0.0360. The predicted octanol–water partition coefficient (Wildman–Crippen LogP) is 4.87. The standard InChI is InChI=1S/C20H23N3O4S/c1-4-5-6-15-12(23(25)26)7-16(28-15)17-11(10-21)19(22)27-14-9-20(2,3)8-13(24)18(14)17/h7,11,17,22H,4-6,8-9H2,1-3H3. The van der Waals surface area contributed by atoms with Crippen LogP contribution in [-0.2, 0) is 16.0 Å². The lowest BCUT2D eigenvalue weighted by molar-refractivity contribution is -0.385. The van der Waals surface area contributed by atoms with Gasteiger partial charge in [0.2, 0.25) is 5.90 Å². The summed E-state index contributed by atoms with van der Waals surface area (Å²) in [6.45, 7) is 5.95. The highest BCUT2D eigenvalue weighted by Crippen LogP contribution is 2.50.